The van der Waals surface area contributed by atoms with Crippen LogP contribution in [0.3, 0.4) is 0 Å². The van der Waals surface area contributed by atoms with Crippen LogP contribution in [0.2, 0.25) is 0 Å². The average molecular weight is 461 g/mol. The largest absolute Gasteiger partial charge is 0.375 e. The highest BCUT2D eigenvalue weighted by Gasteiger charge is 2.41. The molecule has 2 saturated heterocycles. The van der Waals surface area contributed by atoms with Crippen LogP contribution in [0, 0.1) is 5.92 Å². The lowest BCUT2D eigenvalue weighted by Gasteiger charge is -2.46. The predicted octanol–water partition coefficient (Wildman–Crippen LogP) is 4.48. The van der Waals surface area contributed by atoms with Crippen molar-refractivity contribution >= 4 is 5.91 Å². The van der Waals surface area contributed by atoms with E-state index in [4.69, 9.17) is 9.26 Å². The molecule has 1 atom stereocenters. The first kappa shape index (κ1) is 22.7. The number of pyridine rings is 1. The van der Waals surface area contributed by atoms with Gasteiger partial charge in [0, 0.05) is 50.5 Å². The van der Waals surface area contributed by atoms with Gasteiger partial charge in [0.15, 0.2) is 0 Å². The van der Waals surface area contributed by atoms with Crippen molar-refractivity contribution in [3.8, 4) is 11.4 Å². The number of carbonyl (C=O) groups is 1. The fourth-order valence-electron chi connectivity index (χ4n) is 5.26. The quantitative estimate of drug-likeness (QED) is 0.517. The second-order valence-electron chi connectivity index (χ2n) is 9.57. The maximum absolute atomic E-state index is 12.7. The van der Waals surface area contributed by atoms with E-state index in [9.17, 15) is 4.79 Å². The third-order valence-electron chi connectivity index (χ3n) is 7.17. The molecule has 4 heterocycles. The Bertz CT molecular complexity index is 1060. The molecular weight excluding hydrogens is 428 g/mol. The van der Waals surface area contributed by atoms with Crippen molar-refractivity contribution in [3.63, 3.8) is 0 Å². The lowest BCUT2D eigenvalue weighted by molar-refractivity contribution is -0.147. The fraction of sp³-hybridized carbons (Fsp3) is 0.481. The van der Waals surface area contributed by atoms with Gasteiger partial charge < -0.3 is 14.2 Å². The Morgan fingerprint density at radius 1 is 1.12 bits per heavy atom. The number of ether oxygens (including phenoxy) is 1. The highest BCUT2D eigenvalue weighted by molar-refractivity contribution is 5.76. The van der Waals surface area contributed by atoms with E-state index in [2.05, 4.69) is 39.4 Å². The highest BCUT2D eigenvalue weighted by atomic mass is 16.5. The van der Waals surface area contributed by atoms with E-state index in [0.29, 0.717) is 24.1 Å². The topological polar surface area (TPSA) is 81.4 Å². The number of aryl methyl sites for hydroxylation is 1. The summed E-state index contributed by atoms with van der Waals surface area (Å²) in [6.07, 6.45) is 10.5. The number of aromatic nitrogens is 3. The molecule has 34 heavy (non-hydrogen) atoms. The predicted molar refractivity (Wildman–Crippen MR) is 128 cm³/mol. The molecule has 1 spiro atoms. The Morgan fingerprint density at radius 3 is 2.76 bits per heavy atom. The Balaban J connectivity index is 1.10. The van der Waals surface area contributed by atoms with Gasteiger partial charge in [-0.3, -0.25) is 9.78 Å². The summed E-state index contributed by atoms with van der Waals surface area (Å²) in [7, 11) is 0. The zero-order chi connectivity index (χ0) is 23.2. The number of rotatable bonds is 7. The average Bonchev–Trinajstić information content (AvgIpc) is 3.34. The van der Waals surface area contributed by atoms with Gasteiger partial charge >= 0.3 is 0 Å². The summed E-state index contributed by atoms with van der Waals surface area (Å²) >= 11 is 0. The second kappa shape index (κ2) is 10.5. The lowest BCUT2D eigenvalue weighted by Crippen LogP contribution is -2.51. The Kier molecular flexibility index (Phi) is 7.00. The van der Waals surface area contributed by atoms with Crippen molar-refractivity contribution in [1.29, 1.82) is 0 Å². The molecule has 3 aromatic rings. The minimum atomic E-state index is -0.129. The number of hydrogen-bond acceptors (Lipinski definition) is 6. The van der Waals surface area contributed by atoms with Gasteiger partial charge in [-0.25, -0.2) is 0 Å². The van der Waals surface area contributed by atoms with E-state index >= 15 is 0 Å². The SMILES string of the molecule is O=C(CCCc1ccccc1)N1CCC2(CC1)CC(Cc1nc(-c3cccnc3)no1)CCO2. The highest BCUT2D eigenvalue weighted by Crippen LogP contribution is 2.39. The maximum Gasteiger partial charge on any atom is 0.227 e. The summed E-state index contributed by atoms with van der Waals surface area (Å²) < 4.78 is 11.8. The summed E-state index contributed by atoms with van der Waals surface area (Å²) in [5, 5.41) is 4.13. The molecule has 2 aromatic heterocycles. The van der Waals surface area contributed by atoms with Crippen molar-refractivity contribution in [2.75, 3.05) is 19.7 Å². The molecule has 0 saturated carbocycles. The van der Waals surface area contributed by atoms with E-state index in [-0.39, 0.29) is 11.5 Å². The smallest absolute Gasteiger partial charge is 0.227 e. The van der Waals surface area contributed by atoms with Gasteiger partial charge in [-0.05, 0) is 62.1 Å². The number of amides is 1. The molecule has 0 bridgehead atoms. The first-order valence-electron chi connectivity index (χ1n) is 12.4. The van der Waals surface area contributed by atoms with Crippen LogP contribution in [0.1, 0.15) is 50.0 Å². The first-order chi connectivity index (χ1) is 16.7. The number of hydrogen-bond donors (Lipinski definition) is 0. The summed E-state index contributed by atoms with van der Waals surface area (Å²) in [6.45, 7) is 2.31. The molecule has 1 amide bonds. The molecular formula is C27H32N4O3. The molecule has 178 valence electrons. The third kappa shape index (κ3) is 5.53. The van der Waals surface area contributed by atoms with Crippen LogP contribution in [-0.4, -0.2) is 51.2 Å². The van der Waals surface area contributed by atoms with Gasteiger partial charge in [0.1, 0.15) is 0 Å². The van der Waals surface area contributed by atoms with Gasteiger partial charge in [0.25, 0.3) is 0 Å². The van der Waals surface area contributed by atoms with Crippen molar-refractivity contribution in [2.24, 2.45) is 5.92 Å². The monoisotopic (exact) mass is 460 g/mol. The van der Waals surface area contributed by atoms with Crippen molar-refractivity contribution in [3.05, 3.63) is 66.3 Å². The molecule has 0 radical (unpaired) electrons. The van der Waals surface area contributed by atoms with Crippen molar-refractivity contribution in [1.82, 2.24) is 20.0 Å². The zero-order valence-electron chi connectivity index (χ0n) is 19.6. The van der Waals surface area contributed by atoms with E-state index in [1.54, 1.807) is 12.4 Å². The first-order valence-corrected chi connectivity index (χ1v) is 12.4. The van der Waals surface area contributed by atoms with Crippen LogP contribution in [-0.2, 0) is 22.4 Å². The Morgan fingerprint density at radius 2 is 1.97 bits per heavy atom. The van der Waals surface area contributed by atoms with Gasteiger partial charge in [-0.15, -0.1) is 0 Å². The van der Waals surface area contributed by atoms with Crippen LogP contribution in [0.25, 0.3) is 11.4 Å². The summed E-state index contributed by atoms with van der Waals surface area (Å²) in [5.74, 6) is 1.98. The minimum absolute atomic E-state index is 0.129. The fourth-order valence-corrected chi connectivity index (χ4v) is 5.26. The van der Waals surface area contributed by atoms with Crippen molar-refractivity contribution < 1.29 is 14.1 Å². The second-order valence-corrected chi connectivity index (χ2v) is 9.57. The van der Waals surface area contributed by atoms with Gasteiger partial charge in [-0.1, -0.05) is 35.5 Å². The van der Waals surface area contributed by atoms with Crippen LogP contribution < -0.4 is 0 Å². The standard InChI is InChI=1S/C27H32N4O3/c32-25(10-4-8-21-6-2-1-3-7-21)31-15-12-27(13-16-31)19-22(11-17-33-27)18-24-29-26(30-34-24)23-9-5-14-28-20-23/h1-3,5-7,9,14,20,22H,4,8,10-13,15-19H2. The molecule has 7 heteroatoms. The Hall–Kier alpha value is -3.06. The molecule has 2 aliphatic heterocycles. The van der Waals surface area contributed by atoms with Gasteiger partial charge in [0.2, 0.25) is 17.6 Å². The number of piperidine rings is 1. The summed E-state index contributed by atoms with van der Waals surface area (Å²) in [5.41, 5.74) is 2.03. The molecule has 1 aromatic carbocycles. The van der Waals surface area contributed by atoms with Crippen molar-refractivity contribution in [2.45, 2.75) is 57.0 Å². The molecule has 1 unspecified atom stereocenters. The normalized spacial score (nSPS) is 19.9. The molecule has 2 fully saturated rings. The molecule has 5 rings (SSSR count). The maximum atomic E-state index is 12.7. The van der Waals surface area contributed by atoms with E-state index in [1.165, 1.54) is 5.56 Å². The number of nitrogens with zero attached hydrogens (tertiary/aromatic N) is 4. The van der Waals surface area contributed by atoms with E-state index < -0.39 is 0 Å². The van der Waals surface area contributed by atoms with Crippen LogP contribution in [0.15, 0.2) is 59.4 Å². The third-order valence-corrected chi connectivity index (χ3v) is 7.17. The molecule has 2 aliphatic rings. The molecule has 7 nitrogen and oxygen atoms in total. The van der Waals surface area contributed by atoms with Crippen LogP contribution in [0.4, 0.5) is 0 Å². The molecule has 0 aliphatic carbocycles. The molecule has 0 N–H and O–H groups in total. The minimum Gasteiger partial charge on any atom is -0.375 e. The number of benzene rings is 1. The number of carbonyl (C=O) groups excluding carboxylic acids is 1. The zero-order valence-corrected chi connectivity index (χ0v) is 19.6. The van der Waals surface area contributed by atoms with E-state index in [1.807, 2.05) is 23.1 Å². The van der Waals surface area contributed by atoms with Crippen LogP contribution >= 0.6 is 0 Å². The van der Waals surface area contributed by atoms with Gasteiger partial charge in [-0.2, -0.15) is 4.98 Å². The van der Waals surface area contributed by atoms with E-state index in [0.717, 1.165) is 70.2 Å². The van der Waals surface area contributed by atoms with Crippen LogP contribution in [0.5, 0.6) is 0 Å². The van der Waals surface area contributed by atoms with Gasteiger partial charge in [0.05, 0.1) is 5.60 Å². The lowest BCUT2D eigenvalue weighted by atomic mass is 9.78. The Labute approximate surface area is 200 Å². The summed E-state index contributed by atoms with van der Waals surface area (Å²) in [4.78, 5) is 23.5. The number of likely N-dealkylation sites (tertiary alicyclic amines) is 1. The summed E-state index contributed by atoms with van der Waals surface area (Å²) in [6, 6.07) is 14.2.